The van der Waals surface area contributed by atoms with Crippen molar-refractivity contribution in [1.82, 2.24) is 14.9 Å². The zero-order chi connectivity index (χ0) is 26.5. The molecule has 38 heavy (non-hydrogen) atoms. The van der Waals surface area contributed by atoms with Gasteiger partial charge >= 0.3 is 0 Å². The summed E-state index contributed by atoms with van der Waals surface area (Å²) in [5.41, 5.74) is 8.94. The molecule has 1 aliphatic heterocycles. The number of carbonyl (C=O) groups excluding carboxylic acids is 1. The molecule has 2 heterocycles. The fourth-order valence-corrected chi connectivity index (χ4v) is 4.63. The van der Waals surface area contributed by atoms with Crippen LogP contribution in [0.5, 0.6) is 0 Å². The van der Waals surface area contributed by atoms with Gasteiger partial charge in [0, 0.05) is 78.4 Å². The number of aromatic nitrogens is 2. The summed E-state index contributed by atoms with van der Waals surface area (Å²) in [6.07, 6.45) is 4.20. The monoisotopic (exact) mass is 514 g/mol. The van der Waals surface area contributed by atoms with Gasteiger partial charge in [-0.05, 0) is 30.3 Å². The predicted octanol–water partition coefficient (Wildman–Crippen LogP) is 4.77. The van der Waals surface area contributed by atoms with Gasteiger partial charge in [0.2, 0.25) is 11.9 Å². The minimum atomic E-state index is -0.646. The van der Waals surface area contributed by atoms with Gasteiger partial charge in [0.1, 0.15) is 12.5 Å². The number of halogens is 2. The van der Waals surface area contributed by atoms with E-state index in [1.165, 1.54) is 6.08 Å². The van der Waals surface area contributed by atoms with Crippen LogP contribution < -0.4 is 16.0 Å². The average Bonchev–Trinajstić information content (AvgIpc) is 2.93. The number of hydrogen-bond donors (Lipinski definition) is 2. The summed E-state index contributed by atoms with van der Waals surface area (Å²) < 4.78 is 27.9. The van der Waals surface area contributed by atoms with Crippen LogP contribution in [0.4, 0.5) is 26.1 Å². The van der Waals surface area contributed by atoms with E-state index in [2.05, 4.69) is 20.1 Å². The standard InChI is InChI=1S/C29H28F2N6O/c30-13-14-36-15-17-37(18-16-36)23-10-8-22(9-11-23)34-29-33-19-21-4-2-6-25(28(21)35-29)24-5-1-3-20(27(24)31)7-12-26(32)38/h1-12,19H,13-18H2,(H2,32,38)(H,33,34,35). The number of nitrogens with zero attached hydrogens (tertiary/aromatic N) is 4. The highest BCUT2D eigenvalue weighted by Crippen LogP contribution is 2.32. The van der Waals surface area contributed by atoms with Crippen LogP contribution in [-0.2, 0) is 4.79 Å². The molecule has 1 aliphatic rings. The fourth-order valence-electron chi connectivity index (χ4n) is 4.63. The third kappa shape index (κ3) is 5.63. The fraction of sp³-hybridized carbons (Fsp3) is 0.207. The highest BCUT2D eigenvalue weighted by molar-refractivity contribution is 5.95. The normalized spacial score (nSPS) is 14.3. The number of nitrogens with two attached hydrogens (primary N) is 1. The van der Waals surface area contributed by atoms with Gasteiger partial charge in [-0.1, -0.05) is 36.4 Å². The molecule has 0 radical (unpaired) electrons. The Bertz CT molecular complexity index is 1470. The second-order valence-corrected chi connectivity index (χ2v) is 9.07. The number of fused-ring (bicyclic) bond motifs is 1. The lowest BCUT2D eigenvalue weighted by Gasteiger charge is -2.35. The van der Waals surface area contributed by atoms with Crippen molar-refractivity contribution in [2.75, 3.05) is 49.6 Å². The van der Waals surface area contributed by atoms with Crippen LogP contribution in [0.15, 0.2) is 72.9 Å². The van der Waals surface area contributed by atoms with Gasteiger partial charge in [-0.15, -0.1) is 0 Å². The van der Waals surface area contributed by atoms with Gasteiger partial charge in [0.15, 0.2) is 0 Å². The lowest BCUT2D eigenvalue weighted by molar-refractivity contribution is -0.113. The Labute approximate surface area is 219 Å². The van der Waals surface area contributed by atoms with E-state index in [1.807, 2.05) is 36.4 Å². The van der Waals surface area contributed by atoms with Crippen LogP contribution in [0.2, 0.25) is 0 Å². The molecule has 9 heteroatoms. The number of anilines is 3. The molecule has 3 aromatic carbocycles. The summed E-state index contributed by atoms with van der Waals surface area (Å²) in [6.45, 7) is 3.60. The van der Waals surface area contributed by atoms with Gasteiger partial charge in [0.25, 0.3) is 0 Å². The summed E-state index contributed by atoms with van der Waals surface area (Å²) >= 11 is 0. The Morgan fingerprint density at radius 2 is 1.74 bits per heavy atom. The molecule has 194 valence electrons. The minimum Gasteiger partial charge on any atom is -0.369 e. The number of para-hydroxylation sites is 1. The highest BCUT2D eigenvalue weighted by Gasteiger charge is 2.17. The van der Waals surface area contributed by atoms with Crippen LogP contribution in [0.3, 0.4) is 0 Å². The van der Waals surface area contributed by atoms with Gasteiger partial charge in [0.05, 0.1) is 5.52 Å². The maximum absolute atomic E-state index is 15.3. The van der Waals surface area contributed by atoms with Crippen LogP contribution in [0.25, 0.3) is 28.1 Å². The van der Waals surface area contributed by atoms with E-state index < -0.39 is 11.7 Å². The van der Waals surface area contributed by atoms with Crippen molar-refractivity contribution in [3.05, 3.63) is 84.3 Å². The van der Waals surface area contributed by atoms with E-state index >= 15 is 4.39 Å². The first-order valence-electron chi connectivity index (χ1n) is 12.4. The maximum atomic E-state index is 15.3. The molecule has 0 bridgehead atoms. The third-order valence-corrected chi connectivity index (χ3v) is 6.62. The van der Waals surface area contributed by atoms with Crippen LogP contribution >= 0.6 is 0 Å². The first-order chi connectivity index (χ1) is 18.5. The van der Waals surface area contributed by atoms with Crippen LogP contribution in [0.1, 0.15) is 5.56 Å². The number of alkyl halides is 1. The van der Waals surface area contributed by atoms with E-state index in [1.54, 1.807) is 30.5 Å². The largest absolute Gasteiger partial charge is 0.369 e. The summed E-state index contributed by atoms with van der Waals surface area (Å²) in [7, 11) is 0. The number of rotatable bonds is 8. The van der Waals surface area contributed by atoms with Gasteiger partial charge in [-0.3, -0.25) is 9.69 Å². The molecule has 0 unspecified atom stereocenters. The van der Waals surface area contributed by atoms with E-state index in [0.29, 0.717) is 29.1 Å². The molecule has 1 saturated heterocycles. The number of carbonyl (C=O) groups is 1. The molecule has 0 spiro atoms. The zero-order valence-corrected chi connectivity index (χ0v) is 20.8. The van der Waals surface area contributed by atoms with Crippen molar-refractivity contribution < 1.29 is 13.6 Å². The Morgan fingerprint density at radius 3 is 2.47 bits per heavy atom. The van der Waals surface area contributed by atoms with Crippen molar-refractivity contribution >= 4 is 40.2 Å². The number of nitrogens with one attached hydrogen (secondary N) is 1. The average molecular weight is 515 g/mol. The van der Waals surface area contributed by atoms with E-state index in [0.717, 1.165) is 49.0 Å². The molecular weight excluding hydrogens is 486 g/mol. The molecule has 0 aliphatic carbocycles. The molecule has 1 amide bonds. The van der Waals surface area contributed by atoms with Gasteiger partial charge < -0.3 is 16.0 Å². The predicted molar refractivity (Wildman–Crippen MR) is 148 cm³/mol. The molecule has 3 N–H and O–H groups in total. The Balaban J connectivity index is 1.37. The summed E-state index contributed by atoms with van der Waals surface area (Å²) in [5.74, 6) is -0.720. The van der Waals surface area contributed by atoms with Crippen LogP contribution in [-0.4, -0.2) is 60.2 Å². The molecule has 1 fully saturated rings. The second-order valence-electron chi connectivity index (χ2n) is 9.07. The quantitative estimate of drug-likeness (QED) is 0.330. The first kappa shape index (κ1) is 25.3. The molecule has 5 rings (SSSR count). The van der Waals surface area contributed by atoms with Crippen molar-refractivity contribution in [1.29, 1.82) is 0 Å². The smallest absolute Gasteiger partial charge is 0.241 e. The topological polar surface area (TPSA) is 87.4 Å². The Morgan fingerprint density at radius 1 is 1.00 bits per heavy atom. The number of primary amides is 1. The lowest BCUT2D eigenvalue weighted by atomic mass is 9.99. The molecule has 0 saturated carbocycles. The molecule has 0 atom stereocenters. The Kier molecular flexibility index (Phi) is 7.55. The van der Waals surface area contributed by atoms with Crippen molar-refractivity contribution in [2.24, 2.45) is 5.73 Å². The molecule has 1 aromatic heterocycles. The SMILES string of the molecule is NC(=O)C=Cc1cccc(-c2cccc3cnc(Nc4ccc(N5CCN(CCF)CC5)cc4)nc23)c1F. The first-order valence-corrected chi connectivity index (χ1v) is 12.4. The van der Waals surface area contributed by atoms with Crippen molar-refractivity contribution in [3.8, 4) is 11.1 Å². The number of piperazine rings is 1. The summed E-state index contributed by atoms with van der Waals surface area (Å²) in [5, 5.41) is 4.01. The van der Waals surface area contributed by atoms with Crippen molar-refractivity contribution in [3.63, 3.8) is 0 Å². The van der Waals surface area contributed by atoms with Crippen LogP contribution in [0, 0.1) is 5.82 Å². The molecule has 7 nitrogen and oxygen atoms in total. The number of benzene rings is 3. The van der Waals surface area contributed by atoms with E-state index in [9.17, 15) is 9.18 Å². The maximum Gasteiger partial charge on any atom is 0.241 e. The summed E-state index contributed by atoms with van der Waals surface area (Å²) in [6, 6.07) is 18.5. The van der Waals surface area contributed by atoms with E-state index in [-0.39, 0.29) is 12.2 Å². The minimum absolute atomic E-state index is 0.259. The van der Waals surface area contributed by atoms with Crippen molar-refractivity contribution in [2.45, 2.75) is 0 Å². The highest BCUT2D eigenvalue weighted by atomic mass is 19.1. The molecule has 4 aromatic rings. The summed E-state index contributed by atoms with van der Waals surface area (Å²) in [4.78, 5) is 24.7. The second kappa shape index (κ2) is 11.4. The zero-order valence-electron chi connectivity index (χ0n) is 20.8. The lowest BCUT2D eigenvalue weighted by Crippen LogP contribution is -2.47. The Hall–Kier alpha value is -4.37. The van der Waals surface area contributed by atoms with E-state index in [4.69, 9.17) is 10.7 Å². The van der Waals surface area contributed by atoms with Gasteiger partial charge in [-0.2, -0.15) is 0 Å². The third-order valence-electron chi connectivity index (χ3n) is 6.62. The van der Waals surface area contributed by atoms with Gasteiger partial charge in [-0.25, -0.2) is 18.7 Å². The number of hydrogen-bond acceptors (Lipinski definition) is 6. The number of amides is 1. The molecular formula is C29H28F2N6O.